The van der Waals surface area contributed by atoms with Gasteiger partial charge in [-0.15, -0.1) is 0 Å². The number of carbonyl (C=O) groups excluding carboxylic acids is 2. The Labute approximate surface area is 324 Å². The standard InChI is InChI=1S/C49H48N2O4/c1-3-5-11-33-54-41-29-17-35(18-30-41)47(52)50-39-25-21-37(22-26-39)49(45-15-9-7-13-43(45)44-14-8-10-16-46(44)49)38-23-27-40(28-24-38)51-48(53)36-19-31-42(32-20-36)55-34-12-6-4-2/h7-10,13-32H,3-6,11-12,33-34H2,1-2H3,(H,50,52)(H,51,53). The van der Waals surface area contributed by atoms with Crippen molar-refractivity contribution in [2.45, 2.75) is 57.8 Å². The highest BCUT2D eigenvalue weighted by molar-refractivity contribution is 6.05. The predicted molar refractivity (Wildman–Crippen MR) is 223 cm³/mol. The van der Waals surface area contributed by atoms with Crippen LogP contribution >= 0.6 is 0 Å². The molecule has 0 aromatic heterocycles. The Morgan fingerprint density at radius 1 is 0.473 bits per heavy atom. The molecule has 2 amide bonds. The molecule has 0 heterocycles. The van der Waals surface area contributed by atoms with Gasteiger partial charge < -0.3 is 20.1 Å². The van der Waals surface area contributed by atoms with E-state index < -0.39 is 5.41 Å². The van der Waals surface area contributed by atoms with Gasteiger partial charge in [-0.1, -0.05) is 112 Å². The minimum atomic E-state index is -0.627. The molecule has 0 spiro atoms. The third-order valence-corrected chi connectivity index (χ3v) is 10.4. The normalized spacial score (nSPS) is 12.3. The molecule has 6 nitrogen and oxygen atoms in total. The number of rotatable bonds is 16. The molecule has 6 heteroatoms. The maximum absolute atomic E-state index is 13.3. The number of amides is 2. The molecular weight excluding hydrogens is 681 g/mol. The molecule has 55 heavy (non-hydrogen) atoms. The molecule has 0 atom stereocenters. The molecule has 1 aliphatic rings. The number of unbranched alkanes of at least 4 members (excludes halogenated alkanes) is 4. The number of fused-ring (bicyclic) bond motifs is 3. The Bertz CT molecular complexity index is 2050. The van der Waals surface area contributed by atoms with Crippen LogP contribution in [0, 0.1) is 0 Å². The highest BCUT2D eigenvalue weighted by Gasteiger charge is 2.45. The van der Waals surface area contributed by atoms with Crippen molar-refractivity contribution < 1.29 is 19.1 Å². The van der Waals surface area contributed by atoms with Crippen molar-refractivity contribution in [3.8, 4) is 22.6 Å². The van der Waals surface area contributed by atoms with E-state index in [0.29, 0.717) is 35.7 Å². The van der Waals surface area contributed by atoms with Crippen molar-refractivity contribution in [3.05, 3.63) is 179 Å². The molecule has 0 bridgehead atoms. The maximum Gasteiger partial charge on any atom is 0.255 e. The van der Waals surface area contributed by atoms with Gasteiger partial charge >= 0.3 is 0 Å². The fourth-order valence-electron chi connectivity index (χ4n) is 7.53. The lowest BCUT2D eigenvalue weighted by molar-refractivity contribution is 0.101. The maximum atomic E-state index is 13.3. The summed E-state index contributed by atoms with van der Waals surface area (Å²) in [6.45, 7) is 5.69. The molecule has 1 aliphatic carbocycles. The first-order chi connectivity index (χ1) is 27.0. The Balaban J connectivity index is 1.13. The predicted octanol–water partition coefficient (Wildman–Crippen LogP) is 11.7. The van der Waals surface area contributed by atoms with E-state index in [2.05, 4.69) is 97.3 Å². The summed E-state index contributed by atoms with van der Waals surface area (Å²) in [7, 11) is 0. The van der Waals surface area contributed by atoms with Gasteiger partial charge in [0.2, 0.25) is 0 Å². The van der Waals surface area contributed by atoms with Crippen molar-refractivity contribution in [2.75, 3.05) is 23.8 Å². The molecule has 2 N–H and O–H groups in total. The SMILES string of the molecule is CCCCCOc1ccc(C(=O)Nc2ccc(C3(c4ccc(NC(=O)c5ccc(OCCCCC)cc5)cc4)c4ccccc4-c4ccccc43)cc2)cc1. The van der Waals surface area contributed by atoms with Crippen LogP contribution in [-0.2, 0) is 5.41 Å². The molecule has 6 aromatic rings. The van der Waals surface area contributed by atoms with Crippen molar-refractivity contribution in [1.29, 1.82) is 0 Å². The monoisotopic (exact) mass is 728 g/mol. The molecule has 7 rings (SSSR count). The van der Waals surface area contributed by atoms with Gasteiger partial charge in [-0.3, -0.25) is 9.59 Å². The highest BCUT2D eigenvalue weighted by atomic mass is 16.5. The van der Waals surface area contributed by atoms with Gasteiger partial charge in [0.25, 0.3) is 11.8 Å². The van der Waals surface area contributed by atoms with Crippen LogP contribution in [0.3, 0.4) is 0 Å². The molecule has 0 radical (unpaired) electrons. The summed E-state index contributed by atoms with van der Waals surface area (Å²) in [4.78, 5) is 26.5. The second kappa shape index (κ2) is 17.3. The Kier molecular flexibility index (Phi) is 11.7. The van der Waals surface area contributed by atoms with Gasteiger partial charge in [-0.2, -0.15) is 0 Å². The quantitative estimate of drug-likeness (QED) is 0.0971. The van der Waals surface area contributed by atoms with E-state index in [1.54, 1.807) is 24.3 Å². The second-order valence-electron chi connectivity index (χ2n) is 14.1. The molecule has 0 unspecified atom stereocenters. The average molecular weight is 729 g/mol. The van der Waals surface area contributed by atoms with E-state index in [1.807, 2.05) is 48.5 Å². The molecule has 278 valence electrons. The molecule has 0 aliphatic heterocycles. The van der Waals surface area contributed by atoms with E-state index in [-0.39, 0.29) is 11.8 Å². The topological polar surface area (TPSA) is 76.7 Å². The van der Waals surface area contributed by atoms with E-state index in [0.717, 1.165) is 61.2 Å². The van der Waals surface area contributed by atoms with Crippen LogP contribution in [0.4, 0.5) is 11.4 Å². The summed E-state index contributed by atoms with van der Waals surface area (Å²) in [5.74, 6) is 1.17. The van der Waals surface area contributed by atoms with E-state index >= 15 is 0 Å². The molecule has 0 saturated carbocycles. The van der Waals surface area contributed by atoms with Crippen molar-refractivity contribution in [1.82, 2.24) is 0 Å². The summed E-state index contributed by atoms with van der Waals surface area (Å²) < 4.78 is 11.7. The van der Waals surface area contributed by atoms with Crippen LogP contribution in [0.25, 0.3) is 11.1 Å². The Morgan fingerprint density at radius 2 is 0.855 bits per heavy atom. The summed E-state index contributed by atoms with van der Waals surface area (Å²) >= 11 is 0. The fourth-order valence-corrected chi connectivity index (χ4v) is 7.53. The first-order valence-corrected chi connectivity index (χ1v) is 19.5. The Morgan fingerprint density at radius 3 is 1.24 bits per heavy atom. The number of anilines is 2. The zero-order valence-corrected chi connectivity index (χ0v) is 31.6. The molecule has 6 aromatic carbocycles. The van der Waals surface area contributed by atoms with Crippen LogP contribution in [0.5, 0.6) is 11.5 Å². The number of hydrogen-bond donors (Lipinski definition) is 2. The minimum absolute atomic E-state index is 0.180. The van der Waals surface area contributed by atoms with Gasteiger partial charge in [0, 0.05) is 22.5 Å². The third kappa shape index (κ3) is 8.04. The molecule has 0 fully saturated rings. The van der Waals surface area contributed by atoms with Gasteiger partial charge in [0.1, 0.15) is 11.5 Å². The van der Waals surface area contributed by atoms with Crippen molar-refractivity contribution >= 4 is 23.2 Å². The van der Waals surface area contributed by atoms with Crippen LogP contribution < -0.4 is 20.1 Å². The molecular formula is C49H48N2O4. The minimum Gasteiger partial charge on any atom is -0.494 e. The van der Waals surface area contributed by atoms with Crippen LogP contribution in [0.1, 0.15) is 95.3 Å². The second-order valence-corrected chi connectivity index (χ2v) is 14.1. The Hall–Kier alpha value is -6.14. The number of hydrogen-bond acceptors (Lipinski definition) is 4. The lowest BCUT2D eigenvalue weighted by Crippen LogP contribution is -2.28. The van der Waals surface area contributed by atoms with E-state index in [1.165, 1.54) is 22.3 Å². The fraction of sp³-hybridized carbons (Fsp3) is 0.224. The van der Waals surface area contributed by atoms with Gasteiger partial charge in [-0.05, 0) is 119 Å². The summed E-state index contributed by atoms with van der Waals surface area (Å²) in [6, 6.07) is 48.0. The number of nitrogens with one attached hydrogen (secondary N) is 2. The average Bonchev–Trinajstić information content (AvgIpc) is 3.53. The van der Waals surface area contributed by atoms with E-state index in [9.17, 15) is 9.59 Å². The number of carbonyl (C=O) groups is 2. The van der Waals surface area contributed by atoms with Gasteiger partial charge in [-0.25, -0.2) is 0 Å². The van der Waals surface area contributed by atoms with Crippen LogP contribution in [-0.4, -0.2) is 25.0 Å². The summed E-state index contributed by atoms with van der Waals surface area (Å²) in [5.41, 5.74) is 8.78. The number of ether oxygens (including phenoxy) is 2. The first kappa shape index (κ1) is 37.2. The zero-order valence-electron chi connectivity index (χ0n) is 31.6. The smallest absolute Gasteiger partial charge is 0.255 e. The van der Waals surface area contributed by atoms with Crippen molar-refractivity contribution in [2.24, 2.45) is 0 Å². The largest absolute Gasteiger partial charge is 0.494 e. The highest BCUT2D eigenvalue weighted by Crippen LogP contribution is 2.56. The van der Waals surface area contributed by atoms with Crippen LogP contribution in [0.15, 0.2) is 146 Å². The zero-order chi connectivity index (χ0) is 38.0. The molecule has 0 saturated heterocycles. The number of benzene rings is 6. The summed E-state index contributed by atoms with van der Waals surface area (Å²) in [5, 5.41) is 6.15. The lowest BCUT2D eigenvalue weighted by Gasteiger charge is -2.34. The summed E-state index contributed by atoms with van der Waals surface area (Å²) in [6.07, 6.45) is 6.59. The van der Waals surface area contributed by atoms with Crippen LogP contribution in [0.2, 0.25) is 0 Å². The van der Waals surface area contributed by atoms with E-state index in [4.69, 9.17) is 9.47 Å². The van der Waals surface area contributed by atoms with Crippen molar-refractivity contribution in [3.63, 3.8) is 0 Å². The van der Waals surface area contributed by atoms with Gasteiger partial charge in [0.15, 0.2) is 0 Å². The lowest BCUT2D eigenvalue weighted by atomic mass is 9.67. The first-order valence-electron chi connectivity index (χ1n) is 19.5. The third-order valence-electron chi connectivity index (χ3n) is 10.4. The van der Waals surface area contributed by atoms with Gasteiger partial charge in [0.05, 0.1) is 18.6 Å².